The fraction of sp³-hybridized carbons (Fsp3) is 0.314. The summed E-state index contributed by atoms with van der Waals surface area (Å²) in [5.41, 5.74) is 9.48. The molecule has 3 aromatic rings. The first-order valence-electron chi connectivity index (χ1n) is 14.1. The van der Waals surface area contributed by atoms with E-state index in [0.29, 0.717) is 11.5 Å². The monoisotopic (exact) mass is 532 g/mol. The summed E-state index contributed by atoms with van der Waals surface area (Å²) in [7, 11) is 0. The van der Waals surface area contributed by atoms with Gasteiger partial charge in [-0.15, -0.1) is 0 Å². The Kier molecular flexibility index (Phi) is 9.45. The maximum Gasteiger partial charge on any atom is 0.319 e. The molecular formula is C35H40N4O. The number of carbonyl (C=O) groups excluding carboxylic acids is 1. The fourth-order valence-corrected chi connectivity index (χ4v) is 5.51. The van der Waals surface area contributed by atoms with Gasteiger partial charge in [-0.25, -0.2) is 4.79 Å². The van der Waals surface area contributed by atoms with E-state index in [1.54, 1.807) is 0 Å². The van der Waals surface area contributed by atoms with E-state index < -0.39 is 0 Å². The highest BCUT2D eigenvalue weighted by Gasteiger charge is 2.22. The van der Waals surface area contributed by atoms with E-state index in [2.05, 4.69) is 77.6 Å². The summed E-state index contributed by atoms with van der Waals surface area (Å²) in [6, 6.07) is 24.4. The predicted octanol–water partition coefficient (Wildman–Crippen LogP) is 8.03. The molecule has 0 bridgehead atoms. The van der Waals surface area contributed by atoms with Gasteiger partial charge in [0.15, 0.2) is 0 Å². The van der Waals surface area contributed by atoms with E-state index in [-0.39, 0.29) is 12.1 Å². The van der Waals surface area contributed by atoms with Crippen molar-refractivity contribution in [3.8, 4) is 6.07 Å². The van der Waals surface area contributed by atoms with Gasteiger partial charge in [0.2, 0.25) is 0 Å². The number of carbonyl (C=O) groups is 1. The predicted molar refractivity (Wildman–Crippen MR) is 166 cm³/mol. The van der Waals surface area contributed by atoms with Gasteiger partial charge in [-0.2, -0.15) is 5.26 Å². The van der Waals surface area contributed by atoms with Crippen molar-refractivity contribution >= 4 is 23.0 Å². The molecule has 1 saturated heterocycles. The zero-order valence-electron chi connectivity index (χ0n) is 24.1. The van der Waals surface area contributed by atoms with Gasteiger partial charge in [-0.05, 0) is 104 Å². The van der Waals surface area contributed by atoms with Crippen LogP contribution >= 0.6 is 0 Å². The molecule has 0 aromatic heterocycles. The summed E-state index contributed by atoms with van der Waals surface area (Å²) >= 11 is 0. The number of hydrogen-bond acceptors (Lipinski definition) is 3. The summed E-state index contributed by atoms with van der Waals surface area (Å²) in [5, 5.41) is 15.2. The number of likely N-dealkylation sites (tertiary alicyclic amines) is 1. The minimum atomic E-state index is -0.207. The van der Waals surface area contributed by atoms with Crippen LogP contribution in [0.2, 0.25) is 0 Å². The van der Waals surface area contributed by atoms with Crippen LogP contribution in [0.3, 0.4) is 0 Å². The van der Waals surface area contributed by atoms with Gasteiger partial charge in [0.05, 0.1) is 11.6 Å². The summed E-state index contributed by atoms with van der Waals surface area (Å²) in [6.45, 7) is 14.5. The van der Waals surface area contributed by atoms with Crippen molar-refractivity contribution in [2.75, 3.05) is 18.4 Å². The first-order valence-corrected chi connectivity index (χ1v) is 14.1. The molecule has 0 spiro atoms. The molecule has 5 heteroatoms. The summed E-state index contributed by atoms with van der Waals surface area (Å²) in [4.78, 5) is 15.3. The lowest BCUT2D eigenvalue weighted by Crippen LogP contribution is -2.36. The normalized spacial score (nSPS) is 14.8. The SMILES string of the molecule is C=C(c1ccc(C)c(NC(=O)NC(C)C/C(=C/C)c2ccccc2C)c1)N1CCC(c2ccc(C#N)cc2)CC1. The number of rotatable bonds is 8. The van der Waals surface area contributed by atoms with Gasteiger partial charge in [-0.1, -0.05) is 61.2 Å². The fourth-order valence-electron chi connectivity index (χ4n) is 5.51. The smallest absolute Gasteiger partial charge is 0.319 e. The third kappa shape index (κ3) is 7.01. The maximum atomic E-state index is 13.0. The molecule has 4 rings (SSSR count). The van der Waals surface area contributed by atoms with Crippen molar-refractivity contribution in [2.45, 2.75) is 58.9 Å². The van der Waals surface area contributed by atoms with Gasteiger partial charge in [0, 0.05) is 30.5 Å². The number of nitrogens with zero attached hydrogens (tertiary/aromatic N) is 2. The molecule has 1 atom stereocenters. The van der Waals surface area contributed by atoms with Crippen LogP contribution in [0.15, 0.2) is 79.4 Å². The van der Waals surface area contributed by atoms with Crippen LogP contribution in [0.4, 0.5) is 10.5 Å². The molecule has 206 valence electrons. The van der Waals surface area contributed by atoms with Gasteiger partial charge < -0.3 is 15.5 Å². The third-order valence-corrected chi connectivity index (χ3v) is 7.95. The van der Waals surface area contributed by atoms with Crippen LogP contribution in [0.25, 0.3) is 11.3 Å². The number of piperidine rings is 1. The molecule has 0 aliphatic carbocycles. The number of urea groups is 1. The van der Waals surface area contributed by atoms with Crippen LogP contribution in [-0.4, -0.2) is 30.1 Å². The first kappa shape index (κ1) is 28.7. The van der Waals surface area contributed by atoms with Crippen LogP contribution in [0, 0.1) is 25.2 Å². The van der Waals surface area contributed by atoms with Crippen molar-refractivity contribution in [1.82, 2.24) is 10.2 Å². The standard InChI is InChI=1S/C35H40N4O/c1-6-29(33-10-8-7-9-24(33)2)21-26(4)37-35(40)38-34-22-32(14-11-25(34)3)27(5)39-19-17-31(18-20-39)30-15-12-28(23-36)13-16-30/h6-16,22,26,31H,5,17-21H2,1-4H3,(H2,37,38,40)/b29-6-. The molecule has 5 nitrogen and oxygen atoms in total. The lowest BCUT2D eigenvalue weighted by atomic mass is 9.88. The highest BCUT2D eigenvalue weighted by molar-refractivity contribution is 5.91. The Labute approximate surface area is 239 Å². The van der Waals surface area contributed by atoms with E-state index in [0.717, 1.165) is 54.9 Å². The Balaban J connectivity index is 1.34. The number of aryl methyl sites for hydroxylation is 2. The number of nitriles is 1. The molecule has 2 amide bonds. The minimum absolute atomic E-state index is 0.0262. The first-order chi connectivity index (χ1) is 19.3. The van der Waals surface area contributed by atoms with Crippen molar-refractivity contribution in [2.24, 2.45) is 0 Å². The molecule has 1 aliphatic heterocycles. The van der Waals surface area contributed by atoms with Crippen LogP contribution in [-0.2, 0) is 0 Å². The topological polar surface area (TPSA) is 68.2 Å². The van der Waals surface area contributed by atoms with Crippen LogP contribution < -0.4 is 10.6 Å². The average molecular weight is 533 g/mol. The molecule has 1 unspecified atom stereocenters. The van der Waals surface area contributed by atoms with Crippen molar-refractivity contribution in [3.05, 3.63) is 113 Å². The van der Waals surface area contributed by atoms with Gasteiger partial charge >= 0.3 is 6.03 Å². The Bertz CT molecular complexity index is 1420. The zero-order chi connectivity index (χ0) is 28.6. The molecule has 0 radical (unpaired) electrons. The maximum absolute atomic E-state index is 13.0. The molecular weight excluding hydrogens is 492 g/mol. The van der Waals surface area contributed by atoms with E-state index >= 15 is 0 Å². The Morgan fingerprint density at radius 3 is 2.42 bits per heavy atom. The summed E-state index contributed by atoms with van der Waals surface area (Å²) in [5.74, 6) is 0.492. The van der Waals surface area contributed by atoms with Crippen molar-refractivity contribution in [3.63, 3.8) is 0 Å². The highest BCUT2D eigenvalue weighted by atomic mass is 16.2. The molecule has 1 heterocycles. The number of nitrogens with one attached hydrogen (secondary N) is 2. The van der Waals surface area contributed by atoms with E-state index in [1.165, 1.54) is 22.3 Å². The Morgan fingerprint density at radius 1 is 1.07 bits per heavy atom. The average Bonchev–Trinajstić information content (AvgIpc) is 2.97. The van der Waals surface area contributed by atoms with E-state index in [4.69, 9.17) is 5.26 Å². The second kappa shape index (κ2) is 13.2. The van der Waals surface area contributed by atoms with E-state index in [1.807, 2.05) is 51.1 Å². The number of allylic oxidation sites excluding steroid dienone is 1. The number of anilines is 1. The number of hydrogen-bond donors (Lipinski definition) is 2. The number of benzene rings is 3. The van der Waals surface area contributed by atoms with Crippen LogP contribution in [0.1, 0.15) is 72.4 Å². The van der Waals surface area contributed by atoms with Gasteiger partial charge in [0.1, 0.15) is 0 Å². The van der Waals surface area contributed by atoms with E-state index in [9.17, 15) is 4.79 Å². The third-order valence-electron chi connectivity index (χ3n) is 7.95. The lowest BCUT2D eigenvalue weighted by molar-refractivity contribution is 0.249. The molecule has 3 aromatic carbocycles. The summed E-state index contributed by atoms with van der Waals surface area (Å²) < 4.78 is 0. The molecule has 1 aliphatic rings. The van der Waals surface area contributed by atoms with Crippen molar-refractivity contribution in [1.29, 1.82) is 5.26 Å². The highest BCUT2D eigenvalue weighted by Crippen LogP contribution is 2.32. The van der Waals surface area contributed by atoms with Crippen LogP contribution in [0.5, 0.6) is 0 Å². The number of amides is 2. The Morgan fingerprint density at radius 2 is 1.77 bits per heavy atom. The largest absolute Gasteiger partial charge is 0.371 e. The zero-order valence-corrected chi connectivity index (χ0v) is 24.1. The second-order valence-electron chi connectivity index (χ2n) is 10.8. The molecule has 2 N–H and O–H groups in total. The summed E-state index contributed by atoms with van der Waals surface area (Å²) in [6.07, 6.45) is 4.96. The molecule has 0 saturated carbocycles. The van der Waals surface area contributed by atoms with Gasteiger partial charge in [-0.3, -0.25) is 0 Å². The minimum Gasteiger partial charge on any atom is -0.371 e. The van der Waals surface area contributed by atoms with Gasteiger partial charge in [0.25, 0.3) is 0 Å². The molecule has 1 fully saturated rings. The quantitative estimate of drug-likeness (QED) is 0.309. The lowest BCUT2D eigenvalue weighted by Gasteiger charge is -2.35. The second-order valence-corrected chi connectivity index (χ2v) is 10.8. The molecule has 40 heavy (non-hydrogen) atoms. The van der Waals surface area contributed by atoms with Crippen molar-refractivity contribution < 1.29 is 4.79 Å². The Hall–Kier alpha value is -4.30.